The summed E-state index contributed by atoms with van der Waals surface area (Å²) in [6.07, 6.45) is 2.64. The number of hydrogen-bond acceptors (Lipinski definition) is 3. The van der Waals surface area contributed by atoms with E-state index in [1.165, 1.54) is 12.8 Å². The van der Waals surface area contributed by atoms with E-state index in [9.17, 15) is 0 Å². The van der Waals surface area contributed by atoms with Crippen molar-refractivity contribution in [2.75, 3.05) is 11.4 Å². The van der Waals surface area contributed by atoms with Gasteiger partial charge in [0.05, 0.1) is 5.69 Å². The first-order chi connectivity index (χ1) is 9.06. The third kappa shape index (κ3) is 4.50. The van der Waals surface area contributed by atoms with E-state index in [4.69, 9.17) is 4.98 Å². The Bertz CT molecular complexity index is 397. The highest BCUT2D eigenvalue weighted by Gasteiger charge is 2.30. The van der Waals surface area contributed by atoms with Gasteiger partial charge in [0.15, 0.2) is 0 Å². The summed E-state index contributed by atoms with van der Waals surface area (Å²) in [6, 6.07) is 7.62. The molecule has 3 nitrogen and oxygen atoms in total. The molecule has 1 fully saturated rings. The first-order valence-electron chi connectivity index (χ1n) is 7.52. The fourth-order valence-electron chi connectivity index (χ4n) is 2.24. The van der Waals surface area contributed by atoms with Crippen LogP contribution in [0, 0.1) is 5.92 Å². The predicted molar refractivity (Wildman–Crippen MR) is 81.4 cm³/mol. The van der Waals surface area contributed by atoms with Gasteiger partial charge in [0, 0.05) is 25.2 Å². The number of rotatable bonds is 7. The molecule has 1 N–H and O–H groups in total. The van der Waals surface area contributed by atoms with Crippen LogP contribution in [0.2, 0.25) is 0 Å². The van der Waals surface area contributed by atoms with Gasteiger partial charge in [-0.2, -0.15) is 0 Å². The minimum absolute atomic E-state index is 0.501. The lowest BCUT2D eigenvalue weighted by molar-refractivity contribution is 0.577. The van der Waals surface area contributed by atoms with Crippen molar-refractivity contribution in [3.8, 4) is 0 Å². The largest absolute Gasteiger partial charge is 0.353 e. The molecule has 0 aromatic carbocycles. The summed E-state index contributed by atoms with van der Waals surface area (Å²) in [4.78, 5) is 7.31. The molecule has 0 saturated heterocycles. The Morgan fingerprint density at radius 1 is 1.26 bits per heavy atom. The second kappa shape index (κ2) is 6.38. The van der Waals surface area contributed by atoms with Gasteiger partial charge >= 0.3 is 0 Å². The van der Waals surface area contributed by atoms with E-state index in [0.29, 0.717) is 12.0 Å². The summed E-state index contributed by atoms with van der Waals surface area (Å²) in [7, 11) is 0. The minimum atomic E-state index is 0.501. The maximum absolute atomic E-state index is 4.82. The van der Waals surface area contributed by atoms with Gasteiger partial charge in [-0.1, -0.05) is 33.8 Å². The number of nitrogens with zero attached hydrogens (tertiary/aromatic N) is 2. The molecule has 0 atom stereocenters. The fourth-order valence-corrected chi connectivity index (χ4v) is 2.24. The van der Waals surface area contributed by atoms with Gasteiger partial charge in [-0.15, -0.1) is 0 Å². The van der Waals surface area contributed by atoms with Crippen molar-refractivity contribution in [3.63, 3.8) is 0 Å². The van der Waals surface area contributed by atoms with Crippen LogP contribution in [0.25, 0.3) is 0 Å². The van der Waals surface area contributed by atoms with Crippen molar-refractivity contribution in [3.05, 3.63) is 23.9 Å². The monoisotopic (exact) mass is 261 g/mol. The molecule has 3 heteroatoms. The molecule has 1 aliphatic carbocycles. The second-order valence-electron chi connectivity index (χ2n) is 6.30. The number of hydrogen-bond donors (Lipinski definition) is 1. The van der Waals surface area contributed by atoms with E-state index in [-0.39, 0.29) is 0 Å². The van der Waals surface area contributed by atoms with E-state index in [0.717, 1.165) is 30.6 Å². The van der Waals surface area contributed by atoms with Gasteiger partial charge in [-0.25, -0.2) is 4.98 Å². The van der Waals surface area contributed by atoms with Crippen molar-refractivity contribution in [1.82, 2.24) is 10.3 Å². The maximum atomic E-state index is 4.82. The van der Waals surface area contributed by atoms with E-state index in [1.54, 1.807) is 0 Å². The molecule has 1 heterocycles. The number of nitrogens with one attached hydrogen (secondary N) is 1. The van der Waals surface area contributed by atoms with Crippen LogP contribution in [0.5, 0.6) is 0 Å². The lowest BCUT2D eigenvalue weighted by atomic mass is 10.2. The van der Waals surface area contributed by atoms with Gasteiger partial charge in [0.2, 0.25) is 0 Å². The summed E-state index contributed by atoms with van der Waals surface area (Å²) in [5.74, 6) is 1.83. The highest BCUT2D eigenvalue weighted by molar-refractivity contribution is 5.42. The zero-order valence-electron chi connectivity index (χ0n) is 12.7. The maximum Gasteiger partial charge on any atom is 0.129 e. The normalized spacial score (nSPS) is 15.3. The molecule has 106 valence electrons. The molecule has 0 radical (unpaired) electrons. The SMILES string of the molecule is CC(C)CN(c1cccc(CNC(C)C)n1)C1CC1. The van der Waals surface area contributed by atoms with Crippen LogP contribution >= 0.6 is 0 Å². The van der Waals surface area contributed by atoms with Gasteiger partial charge in [-0.3, -0.25) is 0 Å². The average molecular weight is 261 g/mol. The highest BCUT2D eigenvalue weighted by Crippen LogP contribution is 2.31. The Labute approximate surface area is 117 Å². The molecular formula is C16H27N3. The first-order valence-corrected chi connectivity index (χ1v) is 7.52. The molecule has 1 saturated carbocycles. The molecule has 2 rings (SSSR count). The molecule has 1 aromatic rings. The summed E-state index contributed by atoms with van der Waals surface area (Å²) < 4.78 is 0. The number of aromatic nitrogens is 1. The summed E-state index contributed by atoms with van der Waals surface area (Å²) in [5.41, 5.74) is 1.14. The average Bonchev–Trinajstić information content (AvgIpc) is 3.18. The quantitative estimate of drug-likeness (QED) is 0.817. The Morgan fingerprint density at radius 3 is 2.58 bits per heavy atom. The molecule has 1 aromatic heterocycles. The molecule has 0 spiro atoms. The van der Waals surface area contributed by atoms with E-state index >= 15 is 0 Å². The van der Waals surface area contributed by atoms with Crippen LogP contribution in [-0.4, -0.2) is 23.6 Å². The first kappa shape index (κ1) is 14.3. The summed E-state index contributed by atoms with van der Waals surface area (Å²) in [5, 5.41) is 3.43. The Kier molecular flexibility index (Phi) is 4.81. The van der Waals surface area contributed by atoms with Crippen LogP contribution in [0.1, 0.15) is 46.2 Å². The van der Waals surface area contributed by atoms with E-state index in [2.05, 4.69) is 56.1 Å². The van der Waals surface area contributed by atoms with Crippen molar-refractivity contribution in [2.45, 2.75) is 59.2 Å². The molecule has 0 unspecified atom stereocenters. The third-order valence-corrected chi connectivity index (χ3v) is 3.33. The zero-order chi connectivity index (χ0) is 13.8. The summed E-state index contributed by atoms with van der Waals surface area (Å²) in [6.45, 7) is 10.8. The molecule has 19 heavy (non-hydrogen) atoms. The fraction of sp³-hybridized carbons (Fsp3) is 0.688. The lowest BCUT2D eigenvalue weighted by Gasteiger charge is -2.26. The Balaban J connectivity index is 2.06. The zero-order valence-corrected chi connectivity index (χ0v) is 12.7. The van der Waals surface area contributed by atoms with Crippen LogP contribution in [0.3, 0.4) is 0 Å². The van der Waals surface area contributed by atoms with Crippen molar-refractivity contribution >= 4 is 5.82 Å². The Hall–Kier alpha value is -1.09. The van der Waals surface area contributed by atoms with Gasteiger partial charge in [0.25, 0.3) is 0 Å². The van der Waals surface area contributed by atoms with Crippen LogP contribution in [0.15, 0.2) is 18.2 Å². The molecule has 0 bridgehead atoms. The van der Waals surface area contributed by atoms with Crippen molar-refractivity contribution in [1.29, 1.82) is 0 Å². The smallest absolute Gasteiger partial charge is 0.129 e. The number of pyridine rings is 1. The van der Waals surface area contributed by atoms with Crippen molar-refractivity contribution < 1.29 is 0 Å². The topological polar surface area (TPSA) is 28.2 Å². The molecule has 0 aliphatic heterocycles. The van der Waals surface area contributed by atoms with Crippen LogP contribution in [0.4, 0.5) is 5.82 Å². The van der Waals surface area contributed by atoms with E-state index < -0.39 is 0 Å². The molecule has 0 amide bonds. The van der Waals surface area contributed by atoms with Gasteiger partial charge in [0.1, 0.15) is 5.82 Å². The van der Waals surface area contributed by atoms with Crippen molar-refractivity contribution in [2.24, 2.45) is 5.92 Å². The lowest BCUT2D eigenvalue weighted by Crippen LogP contribution is -2.31. The predicted octanol–water partition coefficient (Wildman–Crippen LogP) is 3.20. The molecule has 1 aliphatic rings. The van der Waals surface area contributed by atoms with Crippen LogP contribution < -0.4 is 10.2 Å². The van der Waals surface area contributed by atoms with E-state index in [1.807, 2.05) is 0 Å². The van der Waals surface area contributed by atoms with Gasteiger partial charge in [-0.05, 0) is 30.9 Å². The third-order valence-electron chi connectivity index (χ3n) is 3.33. The highest BCUT2D eigenvalue weighted by atomic mass is 15.2. The van der Waals surface area contributed by atoms with Crippen LogP contribution in [-0.2, 0) is 6.54 Å². The number of anilines is 1. The second-order valence-corrected chi connectivity index (χ2v) is 6.30. The summed E-state index contributed by atoms with van der Waals surface area (Å²) >= 11 is 0. The minimum Gasteiger partial charge on any atom is -0.353 e. The Morgan fingerprint density at radius 2 is 2.00 bits per heavy atom. The molecular weight excluding hydrogens is 234 g/mol. The standard InChI is InChI=1S/C16H27N3/c1-12(2)11-19(15-8-9-15)16-7-5-6-14(18-16)10-17-13(3)4/h5-7,12-13,15,17H,8-11H2,1-4H3. The van der Waals surface area contributed by atoms with Gasteiger partial charge < -0.3 is 10.2 Å².